The average Bonchev–Trinajstić information content (AvgIpc) is 3.11. The van der Waals surface area contributed by atoms with Gasteiger partial charge in [-0.1, -0.05) is 6.07 Å². The molecule has 0 spiro atoms. The Kier molecular flexibility index (Phi) is 6.16. The van der Waals surface area contributed by atoms with E-state index < -0.39 is 6.10 Å². The number of hydrogen-bond donors (Lipinski definition) is 2. The van der Waals surface area contributed by atoms with Crippen LogP contribution in [0.2, 0.25) is 0 Å². The van der Waals surface area contributed by atoms with Crippen LogP contribution >= 0.6 is 0 Å². The second-order valence-electron chi connectivity index (χ2n) is 8.79. The third kappa shape index (κ3) is 4.33. The van der Waals surface area contributed by atoms with Crippen molar-refractivity contribution < 1.29 is 14.6 Å². The van der Waals surface area contributed by atoms with Crippen LogP contribution < -0.4 is 15.4 Å². The molecule has 2 aliphatic heterocycles. The first-order chi connectivity index (χ1) is 16.6. The summed E-state index contributed by atoms with van der Waals surface area (Å²) in [6, 6.07) is 15.6. The minimum Gasteiger partial charge on any atom is -0.456 e. The summed E-state index contributed by atoms with van der Waals surface area (Å²) < 4.78 is 12.1. The molecule has 2 bridgehead atoms. The second kappa shape index (κ2) is 9.39. The summed E-state index contributed by atoms with van der Waals surface area (Å²) in [4.78, 5) is 11.6. The Balaban J connectivity index is 1.49. The highest BCUT2D eigenvalue weighted by molar-refractivity contribution is 5.69. The standard InChI is InChI=1S/C26H27N5O3/c1-16-8-21(10-26(30-16)31-19-4-5-20(31)15-33-14-19)34-25-9-17(11-27)2-6-22(25)23-7-3-18(13-29-23)24(32)12-28/h2-3,6-10,13,19-20,24,32H,4-5,12,14-15,28H2,1H3/t19?,20?,24-/m1/s1. The molecule has 2 unspecified atom stereocenters. The monoisotopic (exact) mass is 457 g/mol. The Bertz CT molecular complexity index is 1210. The quantitative estimate of drug-likeness (QED) is 0.578. The minimum atomic E-state index is -0.757. The molecule has 8 nitrogen and oxygen atoms in total. The number of aliphatic hydroxyl groups excluding tert-OH is 1. The highest BCUT2D eigenvalue weighted by Gasteiger charge is 2.38. The van der Waals surface area contributed by atoms with E-state index in [1.54, 1.807) is 24.4 Å². The molecule has 3 aromatic rings. The van der Waals surface area contributed by atoms with Crippen LogP contribution in [0.4, 0.5) is 5.82 Å². The molecule has 0 aliphatic carbocycles. The molecule has 2 aromatic heterocycles. The maximum atomic E-state index is 9.97. The number of nitrogens with two attached hydrogens (primary N) is 1. The molecule has 0 radical (unpaired) electrons. The van der Waals surface area contributed by atoms with E-state index in [2.05, 4.69) is 16.0 Å². The summed E-state index contributed by atoms with van der Waals surface area (Å²) >= 11 is 0. The van der Waals surface area contributed by atoms with Crippen molar-refractivity contribution in [2.45, 2.75) is 38.0 Å². The lowest BCUT2D eigenvalue weighted by molar-refractivity contribution is 0.0902. The van der Waals surface area contributed by atoms with E-state index in [0.717, 1.165) is 43.1 Å². The van der Waals surface area contributed by atoms with Crippen LogP contribution in [0.5, 0.6) is 11.5 Å². The number of ether oxygens (including phenoxy) is 2. The Morgan fingerprint density at radius 1 is 1.21 bits per heavy atom. The lowest BCUT2D eigenvalue weighted by atomic mass is 10.1. The minimum absolute atomic E-state index is 0.126. The number of nitrogens with zero attached hydrogens (tertiary/aromatic N) is 4. The van der Waals surface area contributed by atoms with Crippen LogP contribution in [-0.4, -0.2) is 46.9 Å². The smallest absolute Gasteiger partial charge is 0.138 e. The molecule has 0 saturated carbocycles. The van der Waals surface area contributed by atoms with Crippen LogP contribution in [0.3, 0.4) is 0 Å². The molecule has 3 N–H and O–H groups in total. The Morgan fingerprint density at radius 2 is 2.00 bits per heavy atom. The third-order valence-electron chi connectivity index (χ3n) is 6.43. The number of anilines is 1. The summed E-state index contributed by atoms with van der Waals surface area (Å²) in [7, 11) is 0. The van der Waals surface area contributed by atoms with Gasteiger partial charge in [0.05, 0.1) is 48.7 Å². The summed E-state index contributed by atoms with van der Waals surface area (Å²) in [5.74, 6) is 2.07. The van der Waals surface area contributed by atoms with E-state index in [4.69, 9.17) is 20.2 Å². The van der Waals surface area contributed by atoms with Crippen LogP contribution in [0, 0.1) is 18.3 Å². The van der Waals surface area contributed by atoms with Gasteiger partial charge in [-0.05, 0) is 44.0 Å². The lowest BCUT2D eigenvalue weighted by Gasteiger charge is -2.35. The maximum Gasteiger partial charge on any atom is 0.138 e. The molecule has 4 heterocycles. The highest BCUT2D eigenvalue weighted by atomic mass is 16.5. The SMILES string of the molecule is Cc1cc(Oc2cc(C#N)ccc2-c2ccc([C@H](O)CN)cn2)cc(N2C3CCC2COC3)n1. The molecule has 2 saturated heterocycles. The average molecular weight is 458 g/mol. The normalized spacial score (nSPS) is 20.1. The zero-order valence-electron chi connectivity index (χ0n) is 19.0. The van der Waals surface area contributed by atoms with Gasteiger partial charge in [0.1, 0.15) is 17.3 Å². The summed E-state index contributed by atoms with van der Waals surface area (Å²) in [6.07, 6.45) is 3.06. The van der Waals surface area contributed by atoms with E-state index in [1.807, 2.05) is 31.2 Å². The van der Waals surface area contributed by atoms with E-state index in [1.165, 1.54) is 0 Å². The van der Waals surface area contributed by atoms with Gasteiger partial charge in [0.2, 0.25) is 0 Å². The topological polar surface area (TPSA) is 118 Å². The van der Waals surface area contributed by atoms with E-state index in [-0.39, 0.29) is 6.54 Å². The van der Waals surface area contributed by atoms with E-state index in [0.29, 0.717) is 40.4 Å². The van der Waals surface area contributed by atoms with Gasteiger partial charge in [-0.25, -0.2) is 4.98 Å². The molecular weight excluding hydrogens is 430 g/mol. The number of morpholine rings is 1. The van der Waals surface area contributed by atoms with Crippen molar-refractivity contribution in [3.63, 3.8) is 0 Å². The zero-order valence-corrected chi connectivity index (χ0v) is 19.0. The van der Waals surface area contributed by atoms with Gasteiger partial charge in [0.25, 0.3) is 0 Å². The molecule has 5 rings (SSSR count). The van der Waals surface area contributed by atoms with E-state index >= 15 is 0 Å². The van der Waals surface area contributed by atoms with Gasteiger partial charge >= 0.3 is 0 Å². The fraction of sp³-hybridized carbons (Fsp3) is 0.346. The van der Waals surface area contributed by atoms with Gasteiger partial charge in [-0.2, -0.15) is 5.26 Å². The number of nitriles is 1. The first kappa shape index (κ1) is 22.3. The Labute approximate surface area is 198 Å². The number of aromatic nitrogens is 2. The first-order valence-corrected chi connectivity index (χ1v) is 11.5. The van der Waals surface area contributed by atoms with Crippen molar-refractivity contribution in [3.8, 4) is 28.8 Å². The number of rotatable bonds is 6. The van der Waals surface area contributed by atoms with E-state index in [9.17, 15) is 10.4 Å². The predicted octanol–water partition coefficient (Wildman–Crippen LogP) is 3.48. The highest BCUT2D eigenvalue weighted by Crippen LogP contribution is 2.38. The molecular formula is C26H27N5O3. The Morgan fingerprint density at radius 3 is 2.68 bits per heavy atom. The molecule has 2 fully saturated rings. The van der Waals surface area contributed by atoms with Crippen molar-refractivity contribution in [2.24, 2.45) is 5.73 Å². The number of hydrogen-bond acceptors (Lipinski definition) is 8. The van der Waals surface area contributed by atoms with Gasteiger partial charge < -0.3 is 25.2 Å². The lowest BCUT2D eigenvalue weighted by Crippen LogP contribution is -2.46. The predicted molar refractivity (Wildman–Crippen MR) is 128 cm³/mol. The number of benzene rings is 1. The first-order valence-electron chi connectivity index (χ1n) is 11.5. The van der Waals surface area contributed by atoms with Crippen LogP contribution in [0.15, 0.2) is 48.7 Å². The molecule has 2 aliphatic rings. The molecule has 174 valence electrons. The third-order valence-corrected chi connectivity index (χ3v) is 6.43. The van der Waals surface area contributed by atoms with Crippen molar-refractivity contribution >= 4 is 5.82 Å². The van der Waals surface area contributed by atoms with Crippen LogP contribution in [0.1, 0.15) is 35.8 Å². The molecule has 34 heavy (non-hydrogen) atoms. The molecule has 0 amide bonds. The number of aliphatic hydroxyl groups is 1. The fourth-order valence-corrected chi connectivity index (χ4v) is 4.73. The van der Waals surface area contributed by atoms with Gasteiger partial charge in [0, 0.05) is 41.7 Å². The van der Waals surface area contributed by atoms with Crippen LogP contribution in [0.25, 0.3) is 11.3 Å². The Hall–Kier alpha value is -3.51. The fourth-order valence-electron chi connectivity index (χ4n) is 4.73. The van der Waals surface area contributed by atoms with Gasteiger partial charge in [0.15, 0.2) is 0 Å². The largest absolute Gasteiger partial charge is 0.456 e. The summed E-state index contributed by atoms with van der Waals surface area (Å²) in [6.45, 7) is 3.52. The molecule has 8 heteroatoms. The number of pyridine rings is 2. The number of aryl methyl sites for hydroxylation is 1. The maximum absolute atomic E-state index is 9.97. The summed E-state index contributed by atoms with van der Waals surface area (Å²) in [5.41, 5.74) is 8.97. The van der Waals surface area contributed by atoms with Crippen molar-refractivity contribution in [1.82, 2.24) is 9.97 Å². The van der Waals surface area contributed by atoms with Crippen molar-refractivity contribution in [1.29, 1.82) is 5.26 Å². The molecule has 3 atom stereocenters. The van der Waals surface area contributed by atoms with Crippen molar-refractivity contribution in [3.05, 3.63) is 65.5 Å². The van der Waals surface area contributed by atoms with Crippen LogP contribution in [-0.2, 0) is 4.74 Å². The second-order valence-corrected chi connectivity index (χ2v) is 8.79. The number of fused-ring (bicyclic) bond motifs is 2. The summed E-state index contributed by atoms with van der Waals surface area (Å²) in [5, 5.41) is 19.4. The van der Waals surface area contributed by atoms with Gasteiger partial charge in [-0.15, -0.1) is 0 Å². The van der Waals surface area contributed by atoms with Crippen molar-refractivity contribution in [2.75, 3.05) is 24.7 Å². The van der Waals surface area contributed by atoms with Gasteiger partial charge in [-0.3, -0.25) is 4.98 Å². The molecule has 1 aromatic carbocycles. The zero-order chi connectivity index (χ0) is 23.7.